The Kier molecular flexibility index (Phi) is 30.9. The molecular formula is C44H78N4O7. The van der Waals surface area contributed by atoms with Gasteiger partial charge in [-0.1, -0.05) is 124 Å². The van der Waals surface area contributed by atoms with Crippen molar-refractivity contribution in [2.24, 2.45) is 0 Å². The van der Waals surface area contributed by atoms with Crippen LogP contribution in [0.1, 0.15) is 161 Å². The molecule has 55 heavy (non-hydrogen) atoms. The van der Waals surface area contributed by atoms with Crippen molar-refractivity contribution in [2.45, 2.75) is 163 Å². The topological polar surface area (TPSA) is 127 Å². The van der Waals surface area contributed by atoms with Crippen molar-refractivity contribution in [3.05, 3.63) is 29.3 Å². The molecule has 0 aliphatic heterocycles. The average molecular weight is 775 g/mol. The van der Waals surface area contributed by atoms with E-state index < -0.39 is 0 Å². The van der Waals surface area contributed by atoms with Crippen LogP contribution < -0.4 is 15.4 Å². The predicted octanol–water partition coefficient (Wildman–Crippen LogP) is 8.11. The molecule has 0 unspecified atom stereocenters. The number of nitrogens with zero attached hydrogens (tertiary/aromatic N) is 2. The lowest BCUT2D eigenvalue weighted by molar-refractivity contribution is -0.139. The number of rotatable bonds is 36. The van der Waals surface area contributed by atoms with E-state index in [4.69, 9.17) is 14.2 Å². The number of hydrogen-bond acceptors (Lipinski definition) is 7. The standard InChI is InChI=1S/C44H78N4O7/c1-6-11-16-17-18-19-20-21-22-23-28-55-40-30-38(32-45-41(49)34-53-36-43(51)47(24-12-7-2)25-13-8-3)29-39(31-40)33-46-42(50)35-54-37-44(52)48(26-14-9-4)27-15-10-5/h29-31H,6-28,32-37H2,1-5H3,(H,45,49)(H,46,50). The van der Waals surface area contributed by atoms with Crippen LogP contribution in [-0.2, 0) is 41.7 Å². The summed E-state index contributed by atoms with van der Waals surface area (Å²) in [7, 11) is 0. The third-order valence-electron chi connectivity index (χ3n) is 9.52. The van der Waals surface area contributed by atoms with E-state index in [2.05, 4.69) is 45.3 Å². The van der Waals surface area contributed by atoms with Crippen molar-refractivity contribution >= 4 is 23.6 Å². The van der Waals surface area contributed by atoms with Gasteiger partial charge >= 0.3 is 0 Å². The Morgan fingerprint density at radius 3 is 1.22 bits per heavy atom. The molecule has 0 saturated carbocycles. The van der Waals surface area contributed by atoms with Gasteiger partial charge in [-0.3, -0.25) is 19.2 Å². The SMILES string of the molecule is CCCCCCCCCCCCOc1cc(CNC(=O)COCC(=O)N(CCCC)CCCC)cc(CNC(=O)COCC(=O)N(CCCC)CCCC)c1. The largest absolute Gasteiger partial charge is 0.494 e. The normalized spacial score (nSPS) is 11.0. The Hall–Kier alpha value is -3.18. The molecule has 2 N–H and O–H groups in total. The molecule has 0 saturated heterocycles. The molecule has 1 aromatic carbocycles. The van der Waals surface area contributed by atoms with E-state index in [1.54, 1.807) is 0 Å². The van der Waals surface area contributed by atoms with E-state index in [1.807, 2.05) is 28.0 Å². The molecule has 0 radical (unpaired) electrons. The van der Waals surface area contributed by atoms with Gasteiger partial charge in [-0.05, 0) is 55.4 Å². The van der Waals surface area contributed by atoms with Gasteiger partial charge in [0.2, 0.25) is 23.6 Å². The lowest BCUT2D eigenvalue weighted by atomic mass is 10.1. The fourth-order valence-corrected chi connectivity index (χ4v) is 6.06. The quantitative estimate of drug-likeness (QED) is 0.0660. The zero-order valence-corrected chi connectivity index (χ0v) is 35.5. The van der Waals surface area contributed by atoms with E-state index in [1.165, 1.54) is 51.4 Å². The molecule has 0 bridgehead atoms. The Labute approximate surface area is 334 Å². The molecule has 1 rings (SSSR count). The third kappa shape index (κ3) is 26.3. The first kappa shape index (κ1) is 49.8. The second kappa shape index (κ2) is 34.1. The van der Waals surface area contributed by atoms with Gasteiger partial charge in [0.15, 0.2) is 0 Å². The van der Waals surface area contributed by atoms with Crippen LogP contribution in [0.5, 0.6) is 5.75 Å². The molecule has 0 aromatic heterocycles. The van der Waals surface area contributed by atoms with Gasteiger partial charge in [-0.2, -0.15) is 0 Å². The van der Waals surface area contributed by atoms with E-state index in [9.17, 15) is 19.2 Å². The minimum Gasteiger partial charge on any atom is -0.494 e. The maximum Gasteiger partial charge on any atom is 0.248 e. The predicted molar refractivity (Wildman–Crippen MR) is 222 cm³/mol. The number of nitrogens with one attached hydrogen (secondary N) is 2. The first-order valence-corrected chi connectivity index (χ1v) is 21.8. The summed E-state index contributed by atoms with van der Waals surface area (Å²) in [6.07, 6.45) is 20.2. The van der Waals surface area contributed by atoms with Gasteiger partial charge in [0.25, 0.3) is 0 Å². The number of hydrogen-bond donors (Lipinski definition) is 2. The van der Waals surface area contributed by atoms with Crippen LogP contribution in [0.2, 0.25) is 0 Å². The van der Waals surface area contributed by atoms with Crippen LogP contribution in [0.15, 0.2) is 18.2 Å². The Bertz CT molecular complexity index is 1080. The zero-order valence-electron chi connectivity index (χ0n) is 35.5. The molecule has 0 spiro atoms. The first-order chi connectivity index (χ1) is 26.8. The Morgan fingerprint density at radius 1 is 0.473 bits per heavy atom. The highest BCUT2D eigenvalue weighted by molar-refractivity contribution is 5.80. The minimum atomic E-state index is -0.317. The van der Waals surface area contributed by atoms with Gasteiger partial charge in [0.1, 0.15) is 32.2 Å². The van der Waals surface area contributed by atoms with Crippen LogP contribution in [-0.4, -0.2) is 92.6 Å². The maximum absolute atomic E-state index is 12.7. The fourth-order valence-electron chi connectivity index (χ4n) is 6.06. The van der Waals surface area contributed by atoms with E-state index in [0.717, 1.165) is 75.3 Å². The number of carbonyl (C=O) groups excluding carboxylic acids is 4. The number of amides is 4. The summed E-state index contributed by atoms with van der Waals surface area (Å²) in [6, 6.07) is 5.73. The zero-order chi connectivity index (χ0) is 40.4. The summed E-state index contributed by atoms with van der Waals surface area (Å²) in [5.41, 5.74) is 1.64. The smallest absolute Gasteiger partial charge is 0.248 e. The Morgan fingerprint density at radius 2 is 0.836 bits per heavy atom. The van der Waals surface area contributed by atoms with E-state index in [0.29, 0.717) is 38.5 Å². The second-order valence-electron chi connectivity index (χ2n) is 14.7. The highest BCUT2D eigenvalue weighted by atomic mass is 16.5. The lowest BCUT2D eigenvalue weighted by Crippen LogP contribution is -2.37. The third-order valence-corrected chi connectivity index (χ3v) is 9.52. The van der Waals surface area contributed by atoms with Crippen molar-refractivity contribution < 1.29 is 33.4 Å². The van der Waals surface area contributed by atoms with Crippen LogP contribution in [0.3, 0.4) is 0 Å². The van der Waals surface area contributed by atoms with Crippen molar-refractivity contribution in [3.8, 4) is 5.75 Å². The number of ether oxygens (including phenoxy) is 3. The summed E-state index contributed by atoms with van der Waals surface area (Å²) >= 11 is 0. The monoisotopic (exact) mass is 775 g/mol. The number of carbonyl (C=O) groups is 4. The summed E-state index contributed by atoms with van der Waals surface area (Å²) in [4.78, 5) is 54.4. The van der Waals surface area contributed by atoms with Gasteiger partial charge in [-0.25, -0.2) is 0 Å². The number of benzene rings is 1. The van der Waals surface area contributed by atoms with Crippen LogP contribution >= 0.6 is 0 Å². The molecule has 316 valence electrons. The molecule has 0 atom stereocenters. The highest BCUT2D eigenvalue weighted by Crippen LogP contribution is 2.19. The van der Waals surface area contributed by atoms with Crippen LogP contribution in [0.25, 0.3) is 0 Å². The Balaban J connectivity index is 2.72. The van der Waals surface area contributed by atoms with Crippen LogP contribution in [0.4, 0.5) is 0 Å². The molecule has 1 aromatic rings. The molecular weight excluding hydrogens is 697 g/mol. The van der Waals surface area contributed by atoms with Gasteiger partial charge in [-0.15, -0.1) is 0 Å². The first-order valence-electron chi connectivity index (χ1n) is 21.8. The van der Waals surface area contributed by atoms with E-state index in [-0.39, 0.29) is 63.1 Å². The second-order valence-corrected chi connectivity index (χ2v) is 14.7. The van der Waals surface area contributed by atoms with Gasteiger partial charge in [0, 0.05) is 39.3 Å². The maximum atomic E-state index is 12.7. The lowest BCUT2D eigenvalue weighted by Gasteiger charge is -2.22. The minimum absolute atomic E-state index is 0.0911. The number of unbranched alkanes of at least 4 members (excludes halogenated alkanes) is 13. The molecule has 0 fully saturated rings. The summed E-state index contributed by atoms with van der Waals surface area (Å²) < 4.78 is 17.2. The molecule has 0 aliphatic rings. The highest BCUT2D eigenvalue weighted by Gasteiger charge is 2.15. The average Bonchev–Trinajstić information content (AvgIpc) is 3.18. The van der Waals surface area contributed by atoms with Gasteiger partial charge in [0.05, 0.1) is 6.61 Å². The van der Waals surface area contributed by atoms with Crippen molar-refractivity contribution in [1.82, 2.24) is 20.4 Å². The summed E-state index contributed by atoms with van der Waals surface area (Å²) in [5.74, 6) is -0.141. The molecule has 11 nitrogen and oxygen atoms in total. The van der Waals surface area contributed by atoms with Crippen molar-refractivity contribution in [1.29, 1.82) is 0 Å². The van der Waals surface area contributed by atoms with Crippen molar-refractivity contribution in [2.75, 3.05) is 59.2 Å². The molecule has 0 aliphatic carbocycles. The van der Waals surface area contributed by atoms with E-state index >= 15 is 0 Å². The van der Waals surface area contributed by atoms with Crippen molar-refractivity contribution in [3.63, 3.8) is 0 Å². The van der Waals surface area contributed by atoms with Crippen LogP contribution in [0, 0.1) is 0 Å². The molecule has 4 amide bonds. The summed E-state index contributed by atoms with van der Waals surface area (Å²) in [6.45, 7) is 13.8. The fraction of sp³-hybridized carbons (Fsp3) is 0.773. The molecule has 0 heterocycles. The van der Waals surface area contributed by atoms with Gasteiger partial charge < -0.3 is 34.6 Å². The molecule has 11 heteroatoms. The summed E-state index contributed by atoms with van der Waals surface area (Å²) in [5, 5.41) is 5.77.